The van der Waals surface area contributed by atoms with E-state index in [1.807, 2.05) is 32.3 Å². The molecular weight excluding hydrogens is 616 g/mol. The Morgan fingerprint density at radius 1 is 0.565 bits per heavy atom. The van der Waals surface area contributed by atoms with Crippen molar-refractivity contribution in [2.45, 2.75) is 39.8 Å². The summed E-state index contributed by atoms with van der Waals surface area (Å²) in [5.41, 5.74) is -11.4. The van der Waals surface area contributed by atoms with E-state index in [1.54, 1.807) is 0 Å². The van der Waals surface area contributed by atoms with E-state index in [9.17, 15) is 0 Å². The zero-order chi connectivity index (χ0) is 19.2. The van der Waals surface area contributed by atoms with Crippen LogP contribution in [0, 0.1) is 0 Å². The molecule has 0 amide bonds. The molecule has 0 aromatic rings. The molecule has 0 aromatic heterocycles. The van der Waals surface area contributed by atoms with Gasteiger partial charge in [-0.3, -0.25) is 4.57 Å². The maximum absolute atomic E-state index is 6.91. The molecule has 0 aromatic carbocycles. The molecule has 140 valence electrons. The van der Waals surface area contributed by atoms with Gasteiger partial charge >= 0.3 is 17.4 Å². The maximum atomic E-state index is 6.91. The van der Waals surface area contributed by atoms with Gasteiger partial charge in [-0.2, -0.15) is 11.1 Å². The summed E-state index contributed by atoms with van der Waals surface area (Å²) in [5.74, 6) is -3.89. The minimum Gasteiger partial charge on any atom is -0.297 e. The number of halogens is 11. The van der Waals surface area contributed by atoms with Crippen LogP contribution in [0.5, 0.6) is 0 Å². The molecule has 0 bridgehead atoms. The molecule has 1 nitrogen and oxygen atoms in total. The molecule has 17 heteroatoms. The van der Waals surface area contributed by atoms with Crippen molar-refractivity contribution in [2.24, 2.45) is 0 Å². The van der Waals surface area contributed by atoms with Gasteiger partial charge in [0.15, 0.2) is 0 Å². The lowest BCUT2D eigenvalue weighted by atomic mass is 10.3. The third-order valence-corrected chi connectivity index (χ3v) is 126. The molecule has 0 saturated carbocycles. The third kappa shape index (κ3) is 5.24. The summed E-state index contributed by atoms with van der Waals surface area (Å²) < 4.78 is 1.82. The molecule has 0 heterocycles. The molecule has 0 radical (unpaired) electrons. The van der Waals surface area contributed by atoms with Crippen LogP contribution < -0.4 is 0 Å². The molecule has 1 atom stereocenters. The molecule has 0 N–H and O–H groups in total. The largest absolute Gasteiger partial charge is 0.356 e. The monoisotopic (exact) mass is 625 g/mol. The van der Waals surface area contributed by atoms with Crippen molar-refractivity contribution in [3.63, 3.8) is 0 Å². The van der Waals surface area contributed by atoms with E-state index in [2.05, 4.69) is 0 Å². The minimum absolute atomic E-state index is 0.0844. The summed E-state index contributed by atoms with van der Waals surface area (Å²) in [6.07, 6.45) is -3.67. The first-order valence-electron chi connectivity index (χ1n) is 6.13. The van der Waals surface area contributed by atoms with Gasteiger partial charge in [-0.1, -0.05) is 27.7 Å². The van der Waals surface area contributed by atoms with E-state index in [-0.39, 0.29) is 12.1 Å². The van der Waals surface area contributed by atoms with Gasteiger partial charge in [-0.15, -0.1) is 111 Å². The van der Waals surface area contributed by atoms with Gasteiger partial charge in [-0.05, 0) is 12.1 Å². The fourth-order valence-corrected chi connectivity index (χ4v) is 168. The van der Waals surface area contributed by atoms with E-state index in [0.717, 1.165) is 0 Å². The predicted molar refractivity (Wildman–Crippen MR) is 125 cm³/mol. The highest BCUT2D eigenvalue weighted by molar-refractivity contribution is 8.37. The van der Waals surface area contributed by atoms with Gasteiger partial charge in [0, 0.05) is 0 Å². The molecule has 0 spiro atoms. The van der Waals surface area contributed by atoms with E-state index in [1.165, 1.54) is 0 Å². The van der Waals surface area contributed by atoms with Crippen molar-refractivity contribution in [3.8, 4) is 0 Å². The van der Waals surface area contributed by atoms with Crippen LogP contribution in [-0.2, 0) is 0 Å². The predicted octanol–water partition coefficient (Wildman–Crippen LogP) is 7.25. The van der Waals surface area contributed by atoms with Crippen LogP contribution in [0.2, 0.25) is 0 Å². The average molecular weight is 631 g/mol. The Kier molecular flexibility index (Phi) is 10.6. The summed E-state index contributed by atoms with van der Waals surface area (Å²) in [5, 5.41) is 0. The fraction of sp³-hybridized carbons (Fsp3) is 1.00. The minimum atomic E-state index is -3.89. The number of nitrogens with zero attached hydrogens (tertiary/aromatic N) is 1. The van der Waals surface area contributed by atoms with Crippen molar-refractivity contribution in [1.29, 1.82) is 0 Å². The van der Waals surface area contributed by atoms with Gasteiger partial charge < -0.3 is 0 Å². The summed E-state index contributed by atoms with van der Waals surface area (Å²) in [4.78, 5) is 0. The second kappa shape index (κ2) is 8.94. The summed E-state index contributed by atoms with van der Waals surface area (Å²) in [7, 11) is 0. The van der Waals surface area contributed by atoms with Crippen LogP contribution >= 0.6 is 122 Å². The Morgan fingerprint density at radius 2 is 0.870 bits per heavy atom. The van der Waals surface area contributed by atoms with Gasteiger partial charge in [0.05, 0.1) is 0 Å². The highest BCUT2D eigenvalue weighted by Gasteiger charge is 2.85. The molecule has 0 aliphatic heterocycles. The van der Waals surface area contributed by atoms with Gasteiger partial charge in [0.25, 0.3) is 11.7 Å². The van der Waals surface area contributed by atoms with Crippen molar-refractivity contribution in [3.05, 3.63) is 0 Å². The van der Waals surface area contributed by atoms with E-state index in [4.69, 9.17) is 122 Å². The molecule has 0 rings (SSSR count). The number of rotatable bonds is 7. The van der Waals surface area contributed by atoms with Crippen molar-refractivity contribution in [1.82, 2.24) is 4.57 Å². The highest BCUT2D eigenvalue weighted by Crippen LogP contribution is 2.57. The quantitative estimate of drug-likeness (QED) is 0.212. The average Bonchev–Trinajstić information content (AvgIpc) is 2.22. The first-order valence-corrected chi connectivity index (χ1v) is 31.2. The molecule has 0 aliphatic carbocycles. The molecule has 0 saturated heterocycles. The first-order chi connectivity index (χ1) is 9.76. The van der Waals surface area contributed by atoms with Crippen LogP contribution in [0.15, 0.2) is 0 Å². The van der Waals surface area contributed by atoms with Crippen molar-refractivity contribution in [2.75, 3.05) is 0 Å². The lowest BCUT2D eigenvalue weighted by Crippen LogP contribution is -2.85. The highest BCUT2D eigenvalue weighted by atomic mass is 35.9. The van der Waals surface area contributed by atoms with Crippen molar-refractivity contribution >= 4 is 151 Å². The molecule has 0 fully saturated rings. The van der Waals surface area contributed by atoms with Crippen LogP contribution in [0.3, 0.4) is 0 Å². The zero-order valence-corrected chi connectivity index (χ0v) is 25.6. The van der Waals surface area contributed by atoms with E-state index in [0.29, 0.717) is 0 Å². The SMILES string of the molecule is CC(C)N(C(C)C)[Si](Cl)(Cl)[Si](Cl)([Si](Cl)(Cl)Cl)[Si](Cl)(Cl)[Si](Cl)(Cl)Cl. The Bertz CT molecular complexity index is 412. The first kappa shape index (κ1) is 27.2. The summed E-state index contributed by atoms with van der Waals surface area (Å²) in [6, 6.07) is -0.169. The second-order valence-electron chi connectivity index (χ2n) is 5.36. The van der Waals surface area contributed by atoms with Gasteiger partial charge in [0.2, 0.25) is 0 Å². The fourth-order valence-electron chi connectivity index (χ4n) is 2.16. The number of hydrogen-bond acceptors (Lipinski definition) is 1. The van der Waals surface area contributed by atoms with Crippen LogP contribution in [0.4, 0.5) is 0 Å². The molecular formula is C6H14Cl11NSi5. The van der Waals surface area contributed by atoms with Crippen LogP contribution in [-0.4, -0.2) is 45.7 Å². The lowest BCUT2D eigenvalue weighted by molar-refractivity contribution is 0.311. The van der Waals surface area contributed by atoms with Gasteiger partial charge in [-0.25, -0.2) is 0 Å². The Hall–Kier alpha value is 4.23. The standard InChI is InChI=1S/C6H14Cl11NSi5/c1-5(2)18(6(3)4)21(13,14)23(17,20(10,11)12)22(15,16)19(7,8)9/h5-6H,1-4H3. The molecule has 23 heavy (non-hydrogen) atoms. The smallest absolute Gasteiger partial charge is 0.297 e. The normalized spacial score (nSPS) is 18.0. The Morgan fingerprint density at radius 3 is 1.04 bits per heavy atom. The number of hydrogen-bond donors (Lipinski definition) is 0. The third-order valence-electron chi connectivity index (χ3n) is 3.03. The summed E-state index contributed by atoms with van der Waals surface area (Å²) >= 11 is 71.1. The Balaban J connectivity index is 6.64. The maximum Gasteiger partial charge on any atom is 0.356 e. The van der Waals surface area contributed by atoms with Crippen LogP contribution in [0.25, 0.3) is 0 Å². The lowest BCUT2D eigenvalue weighted by Gasteiger charge is -2.51. The van der Waals surface area contributed by atoms with E-state index >= 15 is 0 Å². The summed E-state index contributed by atoms with van der Waals surface area (Å²) in [6.45, 7) is 7.60. The van der Waals surface area contributed by atoms with E-state index < -0.39 is 29.1 Å². The zero-order valence-electron chi connectivity index (χ0n) is 12.3. The molecule has 0 aliphatic rings. The van der Waals surface area contributed by atoms with Gasteiger partial charge in [0.1, 0.15) is 0 Å². The molecule has 1 unspecified atom stereocenters. The van der Waals surface area contributed by atoms with Crippen LogP contribution in [0.1, 0.15) is 27.7 Å². The van der Waals surface area contributed by atoms with Crippen molar-refractivity contribution < 1.29 is 0 Å². The topological polar surface area (TPSA) is 3.24 Å². The Labute approximate surface area is 193 Å². The second-order valence-corrected chi connectivity index (χ2v) is 72.8.